The summed E-state index contributed by atoms with van der Waals surface area (Å²) in [4.78, 5) is 39.5. The van der Waals surface area contributed by atoms with E-state index in [-0.39, 0.29) is 35.1 Å². The Hall–Kier alpha value is -3.20. The Morgan fingerprint density at radius 2 is 1.94 bits per heavy atom. The Labute approximate surface area is 183 Å². The molecule has 0 unspecified atom stereocenters. The van der Waals surface area contributed by atoms with Crippen LogP contribution in [0.4, 0.5) is 10.2 Å². The molecule has 0 radical (unpaired) electrons. The van der Waals surface area contributed by atoms with Crippen LogP contribution in [0.15, 0.2) is 24.5 Å². The van der Waals surface area contributed by atoms with Crippen LogP contribution in [0.25, 0.3) is 22.3 Å². The molecular weight excluding hydrogens is 423 g/mol. The molecule has 3 aromatic heterocycles. The normalized spacial score (nSPS) is 19.1. The number of hydrogen-bond acceptors (Lipinski definition) is 5. The maximum atomic E-state index is 15.1. The molecule has 0 saturated carbocycles. The molecule has 8 nitrogen and oxygen atoms in total. The summed E-state index contributed by atoms with van der Waals surface area (Å²) in [7, 11) is 0. The number of amides is 2. The van der Waals surface area contributed by atoms with Gasteiger partial charge in [-0.05, 0) is 26.0 Å². The number of halogens is 2. The van der Waals surface area contributed by atoms with E-state index < -0.39 is 11.7 Å². The van der Waals surface area contributed by atoms with Gasteiger partial charge < -0.3 is 20.5 Å². The van der Waals surface area contributed by atoms with E-state index in [1.165, 1.54) is 13.1 Å². The SMILES string of the molecule is CC(=O)N1[C@H](C)CN(c2nc(-c3c[nH]c4ncc(Cl)cc34)c(F)cc2C(N)=O)C[C@@H]1C. The predicted octanol–water partition coefficient (Wildman–Crippen LogP) is 2.96. The maximum absolute atomic E-state index is 15.1. The summed E-state index contributed by atoms with van der Waals surface area (Å²) in [6, 6.07) is 2.55. The molecule has 3 N–H and O–H groups in total. The van der Waals surface area contributed by atoms with Gasteiger partial charge in [0.25, 0.3) is 5.91 Å². The fraction of sp³-hybridized carbons (Fsp3) is 0.333. The molecule has 4 heterocycles. The maximum Gasteiger partial charge on any atom is 0.252 e. The van der Waals surface area contributed by atoms with Crippen LogP contribution in [0, 0.1) is 5.82 Å². The monoisotopic (exact) mass is 444 g/mol. The van der Waals surface area contributed by atoms with Gasteiger partial charge in [0.2, 0.25) is 5.91 Å². The second-order valence-electron chi connectivity index (χ2n) is 7.84. The fourth-order valence-electron chi connectivity index (χ4n) is 4.38. The van der Waals surface area contributed by atoms with Gasteiger partial charge in [0.05, 0.1) is 10.6 Å². The molecule has 0 bridgehead atoms. The van der Waals surface area contributed by atoms with E-state index in [9.17, 15) is 9.59 Å². The lowest BCUT2D eigenvalue weighted by Gasteiger charge is -2.44. The molecule has 0 spiro atoms. The smallest absolute Gasteiger partial charge is 0.252 e. The van der Waals surface area contributed by atoms with E-state index >= 15 is 4.39 Å². The highest BCUT2D eigenvalue weighted by atomic mass is 35.5. The molecule has 1 aliphatic heterocycles. The van der Waals surface area contributed by atoms with Gasteiger partial charge in [-0.25, -0.2) is 14.4 Å². The van der Waals surface area contributed by atoms with Crippen molar-refractivity contribution >= 4 is 40.3 Å². The van der Waals surface area contributed by atoms with Crippen molar-refractivity contribution < 1.29 is 14.0 Å². The second kappa shape index (κ2) is 7.81. The van der Waals surface area contributed by atoms with E-state index in [2.05, 4.69) is 15.0 Å². The fourth-order valence-corrected chi connectivity index (χ4v) is 4.54. The number of anilines is 1. The van der Waals surface area contributed by atoms with Crippen LogP contribution in [-0.2, 0) is 4.79 Å². The summed E-state index contributed by atoms with van der Waals surface area (Å²) in [5, 5.41) is 1.02. The Morgan fingerprint density at radius 1 is 1.26 bits per heavy atom. The van der Waals surface area contributed by atoms with Crippen molar-refractivity contribution in [3.8, 4) is 11.3 Å². The van der Waals surface area contributed by atoms with Crippen LogP contribution in [0.3, 0.4) is 0 Å². The third kappa shape index (κ3) is 3.69. The van der Waals surface area contributed by atoms with Crippen molar-refractivity contribution in [2.75, 3.05) is 18.0 Å². The Bertz CT molecular complexity index is 1180. The zero-order valence-corrected chi connectivity index (χ0v) is 18.1. The van der Waals surface area contributed by atoms with Gasteiger partial charge in [-0.3, -0.25) is 9.59 Å². The number of H-pyrrole nitrogens is 1. The molecule has 162 valence electrons. The first-order valence-electron chi connectivity index (χ1n) is 9.84. The molecule has 2 amide bonds. The summed E-state index contributed by atoms with van der Waals surface area (Å²) >= 11 is 6.07. The number of nitrogens with two attached hydrogens (primary N) is 1. The van der Waals surface area contributed by atoms with Crippen molar-refractivity contribution in [1.82, 2.24) is 19.9 Å². The van der Waals surface area contributed by atoms with Gasteiger partial charge in [0.1, 0.15) is 17.2 Å². The highest BCUT2D eigenvalue weighted by molar-refractivity contribution is 6.31. The summed E-state index contributed by atoms with van der Waals surface area (Å²) < 4.78 is 15.1. The highest BCUT2D eigenvalue weighted by Gasteiger charge is 2.33. The third-order valence-electron chi connectivity index (χ3n) is 5.56. The number of pyridine rings is 2. The lowest BCUT2D eigenvalue weighted by Crippen LogP contribution is -2.58. The van der Waals surface area contributed by atoms with E-state index in [0.717, 1.165) is 6.07 Å². The third-order valence-corrected chi connectivity index (χ3v) is 5.76. The topological polar surface area (TPSA) is 108 Å². The molecule has 4 rings (SSSR count). The van der Waals surface area contributed by atoms with Gasteiger partial charge in [-0.15, -0.1) is 0 Å². The van der Waals surface area contributed by atoms with Crippen molar-refractivity contribution in [2.24, 2.45) is 5.73 Å². The van der Waals surface area contributed by atoms with Crippen LogP contribution in [0.2, 0.25) is 5.02 Å². The molecule has 31 heavy (non-hydrogen) atoms. The van der Waals surface area contributed by atoms with Gasteiger partial charge in [0, 0.05) is 55.4 Å². The van der Waals surface area contributed by atoms with Crippen molar-refractivity contribution in [2.45, 2.75) is 32.9 Å². The minimum Gasteiger partial charge on any atom is -0.365 e. The number of hydrogen-bond donors (Lipinski definition) is 2. The number of piperazine rings is 1. The van der Waals surface area contributed by atoms with Crippen LogP contribution < -0.4 is 10.6 Å². The van der Waals surface area contributed by atoms with Crippen LogP contribution in [-0.4, -0.2) is 56.8 Å². The molecule has 1 aliphatic rings. The van der Waals surface area contributed by atoms with E-state index in [4.69, 9.17) is 17.3 Å². The van der Waals surface area contributed by atoms with Gasteiger partial charge in [0.15, 0.2) is 5.82 Å². The number of rotatable bonds is 3. The van der Waals surface area contributed by atoms with Crippen molar-refractivity contribution in [3.05, 3.63) is 40.9 Å². The molecule has 0 aliphatic carbocycles. The van der Waals surface area contributed by atoms with Gasteiger partial charge in [-0.2, -0.15) is 0 Å². The molecule has 1 saturated heterocycles. The van der Waals surface area contributed by atoms with Crippen LogP contribution in [0.5, 0.6) is 0 Å². The first-order chi connectivity index (χ1) is 14.7. The van der Waals surface area contributed by atoms with Gasteiger partial charge in [-0.1, -0.05) is 11.6 Å². The number of carbonyl (C=O) groups is 2. The number of nitrogens with zero attached hydrogens (tertiary/aromatic N) is 4. The average Bonchev–Trinajstić information content (AvgIpc) is 3.09. The van der Waals surface area contributed by atoms with E-state index in [1.807, 2.05) is 18.7 Å². The molecular formula is C21H22ClFN6O2. The average molecular weight is 445 g/mol. The lowest BCUT2D eigenvalue weighted by atomic mass is 10.1. The lowest BCUT2D eigenvalue weighted by molar-refractivity contribution is -0.133. The predicted molar refractivity (Wildman–Crippen MR) is 116 cm³/mol. The number of aromatic nitrogens is 3. The quantitative estimate of drug-likeness (QED) is 0.645. The van der Waals surface area contributed by atoms with E-state index in [1.54, 1.807) is 17.2 Å². The first-order valence-corrected chi connectivity index (χ1v) is 10.2. The van der Waals surface area contributed by atoms with Gasteiger partial charge >= 0.3 is 0 Å². The Kier molecular flexibility index (Phi) is 5.30. The first kappa shape index (κ1) is 21.0. The highest BCUT2D eigenvalue weighted by Crippen LogP contribution is 2.34. The number of nitrogens with one attached hydrogen (secondary N) is 1. The summed E-state index contributed by atoms with van der Waals surface area (Å²) in [5.74, 6) is -1.19. The minimum atomic E-state index is -0.772. The number of aromatic amines is 1. The molecule has 2 atom stereocenters. The standard InChI is InChI=1S/C21H22ClFN6O2/c1-10-8-28(9-11(2)29(10)12(3)30)21-15(19(24)31)5-17(23)18(27-21)16-7-26-20-14(16)4-13(22)6-25-20/h4-7,10-11H,8-9H2,1-3H3,(H2,24,31)(H,25,26)/t10-,11+. The summed E-state index contributed by atoms with van der Waals surface area (Å²) in [5.41, 5.74) is 6.61. The number of primary amides is 1. The van der Waals surface area contributed by atoms with Crippen molar-refractivity contribution in [1.29, 1.82) is 0 Å². The van der Waals surface area contributed by atoms with Crippen LogP contribution >= 0.6 is 11.6 Å². The molecule has 3 aromatic rings. The number of carbonyl (C=O) groups excluding carboxylic acids is 2. The second-order valence-corrected chi connectivity index (χ2v) is 8.27. The largest absolute Gasteiger partial charge is 0.365 e. The Balaban J connectivity index is 1.84. The van der Waals surface area contributed by atoms with E-state index in [0.29, 0.717) is 34.7 Å². The van der Waals surface area contributed by atoms with Crippen molar-refractivity contribution in [3.63, 3.8) is 0 Å². The summed E-state index contributed by atoms with van der Waals surface area (Å²) in [6.45, 7) is 6.24. The summed E-state index contributed by atoms with van der Waals surface area (Å²) in [6.07, 6.45) is 3.10. The van der Waals surface area contributed by atoms with Crippen LogP contribution in [0.1, 0.15) is 31.1 Å². The minimum absolute atomic E-state index is 0.00655. The zero-order valence-electron chi connectivity index (χ0n) is 17.3. The molecule has 10 heteroatoms. The molecule has 0 aromatic carbocycles. The Morgan fingerprint density at radius 3 is 2.55 bits per heavy atom. The number of fused-ring (bicyclic) bond motifs is 1. The molecule has 1 fully saturated rings. The zero-order chi connectivity index (χ0) is 22.4.